The Morgan fingerprint density at radius 3 is 1.20 bits per heavy atom. The lowest BCUT2D eigenvalue weighted by molar-refractivity contribution is -0.687. The Labute approximate surface area is 397 Å². The van der Waals surface area contributed by atoms with Crippen LogP contribution in [0.3, 0.4) is 0 Å². The Bertz CT molecular complexity index is 1880. The van der Waals surface area contributed by atoms with Crippen molar-refractivity contribution in [2.75, 3.05) is 19.8 Å². The minimum Gasteiger partial charge on any atom is -0.490 e. The smallest absolute Gasteiger partial charge is 0.249 e. The molecule has 65 heavy (non-hydrogen) atoms. The second kappa shape index (κ2) is 32.6. The van der Waals surface area contributed by atoms with Crippen LogP contribution in [-0.2, 0) is 6.54 Å². The first-order chi connectivity index (χ1) is 32.2. The minimum absolute atomic E-state index is 0.690. The molecule has 0 bridgehead atoms. The van der Waals surface area contributed by atoms with Crippen molar-refractivity contribution in [1.29, 1.82) is 0 Å². The summed E-state index contributed by atoms with van der Waals surface area (Å²) >= 11 is 0. The molecule has 0 N–H and O–H groups in total. The van der Waals surface area contributed by atoms with Gasteiger partial charge in [0.05, 0.1) is 19.8 Å². The van der Waals surface area contributed by atoms with E-state index in [1.165, 1.54) is 201 Å². The molecule has 0 aliphatic heterocycles. The Morgan fingerprint density at radius 2 is 0.785 bits per heavy atom. The Kier molecular flexibility index (Phi) is 26.1. The highest BCUT2D eigenvalue weighted by Crippen LogP contribution is 2.40. The quantitative estimate of drug-likeness (QED) is 0.0224. The van der Waals surface area contributed by atoms with E-state index in [2.05, 4.69) is 115 Å². The predicted octanol–water partition coefficient (Wildman–Crippen LogP) is 18.0. The van der Waals surface area contributed by atoms with Gasteiger partial charge in [-0.3, -0.25) is 0 Å². The molecule has 0 unspecified atom stereocenters. The molecule has 0 spiro atoms. The molecular weight excluding hydrogens is 797 g/mol. The zero-order valence-corrected chi connectivity index (χ0v) is 41.7. The van der Waals surface area contributed by atoms with Crippen LogP contribution in [0.25, 0.3) is 27.2 Å². The molecule has 0 aliphatic carbocycles. The SMILES string of the molecule is CCCCCCCCCCCCOc1cc(C[n+]2ccn(-c3c4ccccc4cc4ccccc34)c2)cc(OCCCCCCCCCCCC)c1OCCCCCCCCCCCC. The first-order valence-corrected chi connectivity index (χ1v) is 27.2. The highest BCUT2D eigenvalue weighted by Gasteiger charge is 2.19. The molecule has 0 saturated carbocycles. The van der Waals surface area contributed by atoms with Gasteiger partial charge in [0, 0.05) is 16.3 Å². The number of unbranched alkanes of at least 4 members (excludes halogenated alkanes) is 27. The second-order valence-corrected chi connectivity index (χ2v) is 19.2. The van der Waals surface area contributed by atoms with Crippen LogP contribution in [0.2, 0.25) is 0 Å². The van der Waals surface area contributed by atoms with Crippen LogP contribution in [0, 0.1) is 0 Å². The molecule has 1 heterocycles. The highest BCUT2D eigenvalue weighted by atomic mass is 16.5. The van der Waals surface area contributed by atoms with Gasteiger partial charge in [-0.05, 0) is 48.2 Å². The van der Waals surface area contributed by atoms with Gasteiger partial charge in [0.2, 0.25) is 12.1 Å². The topological polar surface area (TPSA) is 36.5 Å². The number of nitrogens with zero attached hydrogens (tertiary/aromatic N) is 2. The molecule has 0 amide bonds. The van der Waals surface area contributed by atoms with Crippen molar-refractivity contribution in [3.8, 4) is 22.9 Å². The number of hydrogen-bond donors (Lipinski definition) is 0. The third-order valence-corrected chi connectivity index (χ3v) is 13.4. The van der Waals surface area contributed by atoms with Gasteiger partial charge in [-0.1, -0.05) is 243 Å². The Morgan fingerprint density at radius 1 is 0.415 bits per heavy atom. The number of rotatable bonds is 39. The fraction of sp³-hybridized carbons (Fsp3) is 0.617. The lowest BCUT2D eigenvalue weighted by atomic mass is 10.0. The van der Waals surface area contributed by atoms with Crippen LogP contribution in [0.4, 0.5) is 0 Å². The maximum absolute atomic E-state index is 6.74. The summed E-state index contributed by atoms with van der Waals surface area (Å²) in [5.74, 6) is 2.47. The standard InChI is InChI=1S/C60H91N2O3/c1-4-7-10-13-16-19-22-25-28-35-44-63-57-47-52(50-61-42-43-62(51-61)59-55-40-33-31-38-53(55)49-54-39-32-34-41-56(54)59)48-58(64-45-36-29-26-23-20-17-14-11-8-5-2)60(57)65-46-37-30-27-24-21-18-15-12-9-6-3/h31-34,38-43,47-49,51H,4-30,35-37,44-46,50H2,1-3H3/q+1. The molecule has 358 valence electrons. The molecule has 5 heteroatoms. The fourth-order valence-corrected chi connectivity index (χ4v) is 9.48. The van der Waals surface area contributed by atoms with Gasteiger partial charge in [-0.2, -0.15) is 0 Å². The van der Waals surface area contributed by atoms with Crippen LogP contribution < -0.4 is 18.8 Å². The maximum Gasteiger partial charge on any atom is 0.249 e. The van der Waals surface area contributed by atoms with Crippen molar-refractivity contribution in [2.24, 2.45) is 0 Å². The first kappa shape index (κ1) is 52.0. The normalized spacial score (nSPS) is 11.6. The summed E-state index contributed by atoms with van der Waals surface area (Å²) in [6.45, 7) is 9.68. The lowest BCUT2D eigenvalue weighted by Crippen LogP contribution is -2.31. The van der Waals surface area contributed by atoms with Crippen molar-refractivity contribution < 1.29 is 18.8 Å². The van der Waals surface area contributed by atoms with Crippen LogP contribution in [-0.4, -0.2) is 24.4 Å². The van der Waals surface area contributed by atoms with Gasteiger partial charge in [0.25, 0.3) is 0 Å². The van der Waals surface area contributed by atoms with Gasteiger partial charge in [-0.25, -0.2) is 9.13 Å². The van der Waals surface area contributed by atoms with Crippen molar-refractivity contribution >= 4 is 21.5 Å². The largest absolute Gasteiger partial charge is 0.490 e. The number of imidazole rings is 1. The summed E-state index contributed by atoms with van der Waals surface area (Å²) < 4.78 is 24.8. The molecule has 5 nitrogen and oxygen atoms in total. The molecule has 4 aromatic carbocycles. The van der Waals surface area contributed by atoms with E-state index in [4.69, 9.17) is 14.2 Å². The number of aromatic nitrogens is 2. The van der Waals surface area contributed by atoms with E-state index in [0.29, 0.717) is 26.4 Å². The first-order valence-electron chi connectivity index (χ1n) is 27.2. The lowest BCUT2D eigenvalue weighted by Gasteiger charge is -2.19. The van der Waals surface area contributed by atoms with Gasteiger partial charge < -0.3 is 14.2 Å². The second-order valence-electron chi connectivity index (χ2n) is 19.2. The van der Waals surface area contributed by atoms with Gasteiger partial charge in [0.15, 0.2) is 11.5 Å². The fourth-order valence-electron chi connectivity index (χ4n) is 9.48. The molecule has 5 aromatic rings. The molecule has 0 atom stereocenters. The van der Waals surface area contributed by atoms with Gasteiger partial charge in [-0.15, -0.1) is 0 Å². The summed E-state index contributed by atoms with van der Waals surface area (Å²) in [5.41, 5.74) is 2.38. The summed E-state index contributed by atoms with van der Waals surface area (Å²) in [7, 11) is 0. The number of fused-ring (bicyclic) bond motifs is 2. The predicted molar refractivity (Wildman–Crippen MR) is 279 cm³/mol. The molecule has 5 rings (SSSR count). The van der Waals surface area contributed by atoms with E-state index >= 15 is 0 Å². The van der Waals surface area contributed by atoms with E-state index < -0.39 is 0 Å². The number of benzene rings is 4. The highest BCUT2D eigenvalue weighted by molar-refractivity contribution is 6.07. The molecule has 0 saturated heterocycles. The Balaban J connectivity index is 1.28. The maximum atomic E-state index is 6.74. The Hall–Kier alpha value is -3.99. The molecule has 0 fully saturated rings. The van der Waals surface area contributed by atoms with Crippen molar-refractivity contribution in [1.82, 2.24) is 4.57 Å². The van der Waals surface area contributed by atoms with Gasteiger partial charge in [0.1, 0.15) is 24.6 Å². The summed E-state index contributed by atoms with van der Waals surface area (Å²) in [6.07, 6.45) is 45.9. The molecule has 1 aromatic heterocycles. The van der Waals surface area contributed by atoms with Crippen molar-refractivity contribution in [3.63, 3.8) is 0 Å². The zero-order valence-electron chi connectivity index (χ0n) is 41.7. The van der Waals surface area contributed by atoms with Crippen LogP contribution in [0.1, 0.15) is 219 Å². The monoisotopic (exact) mass is 888 g/mol. The van der Waals surface area contributed by atoms with Crippen LogP contribution in [0.15, 0.2) is 85.5 Å². The molecular formula is C60H91N2O3+. The third-order valence-electron chi connectivity index (χ3n) is 13.4. The zero-order chi connectivity index (χ0) is 45.4. The van der Waals surface area contributed by atoms with Crippen LogP contribution >= 0.6 is 0 Å². The third kappa shape index (κ3) is 19.4. The van der Waals surface area contributed by atoms with E-state index in [0.717, 1.165) is 42.1 Å². The van der Waals surface area contributed by atoms with E-state index in [1.807, 2.05) is 0 Å². The van der Waals surface area contributed by atoms with Gasteiger partial charge >= 0.3 is 0 Å². The van der Waals surface area contributed by atoms with Crippen molar-refractivity contribution in [2.45, 2.75) is 220 Å². The number of ether oxygens (including phenoxy) is 3. The number of hydrogen-bond acceptors (Lipinski definition) is 3. The molecule has 0 aliphatic rings. The van der Waals surface area contributed by atoms with Crippen LogP contribution in [0.5, 0.6) is 17.2 Å². The summed E-state index contributed by atoms with van der Waals surface area (Å²) in [6, 6.07) is 24.2. The van der Waals surface area contributed by atoms with Crippen molar-refractivity contribution in [3.05, 3.63) is 91.0 Å². The average molecular weight is 888 g/mol. The minimum atomic E-state index is 0.690. The van der Waals surface area contributed by atoms with E-state index in [1.54, 1.807) is 0 Å². The summed E-state index contributed by atoms with van der Waals surface area (Å²) in [4.78, 5) is 0. The molecule has 0 radical (unpaired) electrons. The summed E-state index contributed by atoms with van der Waals surface area (Å²) in [5, 5.41) is 5.01. The van der Waals surface area contributed by atoms with E-state index in [9.17, 15) is 0 Å². The average Bonchev–Trinajstić information content (AvgIpc) is 3.79. The van der Waals surface area contributed by atoms with E-state index in [-0.39, 0.29) is 0 Å².